The number of nitrogens with zero attached hydrogens (tertiary/aromatic N) is 5. The third kappa shape index (κ3) is 3.56. The number of pyridine rings is 1. The van der Waals surface area contributed by atoms with Crippen LogP contribution in [0.2, 0.25) is 0 Å². The van der Waals surface area contributed by atoms with Crippen molar-refractivity contribution in [2.24, 2.45) is 0 Å². The Balaban J connectivity index is 1.78. The van der Waals surface area contributed by atoms with Crippen LogP contribution in [0.15, 0.2) is 36.7 Å². The average Bonchev–Trinajstić information content (AvgIpc) is 3.22. The van der Waals surface area contributed by atoms with Crippen LogP contribution in [-0.2, 0) is 11.0 Å². The monoisotopic (exact) mass is 458 g/mol. The highest BCUT2D eigenvalue weighted by atomic mass is 32.1. The number of hydrogen-bond donors (Lipinski definition) is 1. The number of fused-ring (bicyclic) bond motifs is 1. The highest BCUT2D eigenvalue weighted by molar-refractivity contribution is 7.80. The first-order valence-corrected chi connectivity index (χ1v) is 10.1. The van der Waals surface area contributed by atoms with E-state index in [4.69, 9.17) is 17.5 Å². The molecular formula is C21H17F3N6OS. The molecule has 11 heteroatoms. The lowest BCUT2D eigenvalue weighted by Gasteiger charge is -2.48. The summed E-state index contributed by atoms with van der Waals surface area (Å²) in [5.74, 6) is 0. The van der Waals surface area contributed by atoms with Crippen LogP contribution in [0, 0.1) is 11.3 Å². The van der Waals surface area contributed by atoms with Crippen LogP contribution in [0.4, 0.5) is 24.5 Å². The first kappa shape index (κ1) is 21.7. The summed E-state index contributed by atoms with van der Waals surface area (Å²) in [4.78, 5) is 18.8. The fourth-order valence-electron chi connectivity index (χ4n) is 3.76. The van der Waals surface area contributed by atoms with E-state index in [0.29, 0.717) is 18.5 Å². The zero-order valence-corrected chi connectivity index (χ0v) is 17.7. The molecule has 0 aliphatic heterocycles. The lowest BCUT2D eigenvalue weighted by molar-refractivity contribution is -0.138. The quantitative estimate of drug-likeness (QED) is 0.463. The van der Waals surface area contributed by atoms with Gasteiger partial charge in [-0.25, -0.2) is 4.98 Å². The van der Waals surface area contributed by atoms with Crippen molar-refractivity contribution in [3.8, 4) is 6.07 Å². The van der Waals surface area contributed by atoms with Gasteiger partial charge in [-0.2, -0.15) is 23.5 Å². The second-order valence-corrected chi connectivity index (χ2v) is 7.96. The number of aromatic nitrogens is 3. The van der Waals surface area contributed by atoms with E-state index < -0.39 is 23.0 Å². The summed E-state index contributed by atoms with van der Waals surface area (Å²) in [6.45, 7) is 0. The summed E-state index contributed by atoms with van der Waals surface area (Å²) < 4.78 is 40.3. The highest BCUT2D eigenvalue weighted by Crippen LogP contribution is 2.41. The maximum Gasteiger partial charge on any atom is 0.419 e. The van der Waals surface area contributed by atoms with Crippen LogP contribution < -0.4 is 9.80 Å². The van der Waals surface area contributed by atoms with Gasteiger partial charge in [-0.15, -0.1) is 0 Å². The predicted octanol–water partition coefficient (Wildman–Crippen LogP) is 4.20. The number of nitrogens with one attached hydrogen (secondary N) is 1. The minimum atomic E-state index is -4.75. The molecule has 4 rings (SSSR count). The molecule has 164 valence electrons. The SMILES string of the molecule is CN(C(=S)N(c1ccc2[nH]ncc2c1)C1(C=O)CCC1)c1cnc(C#N)c(C(F)(F)F)c1. The maximum atomic E-state index is 13.4. The van der Waals surface area contributed by atoms with Gasteiger partial charge in [0.1, 0.15) is 17.9 Å². The molecule has 0 unspecified atom stereocenters. The van der Waals surface area contributed by atoms with Crippen LogP contribution in [0.3, 0.4) is 0 Å². The van der Waals surface area contributed by atoms with Gasteiger partial charge < -0.3 is 14.6 Å². The Morgan fingerprint density at radius 2 is 2.03 bits per heavy atom. The molecule has 0 spiro atoms. The third-order valence-corrected chi connectivity index (χ3v) is 6.17. The van der Waals surface area contributed by atoms with Gasteiger partial charge in [0.2, 0.25) is 0 Å². The molecule has 32 heavy (non-hydrogen) atoms. The van der Waals surface area contributed by atoms with Gasteiger partial charge in [-0.05, 0) is 55.7 Å². The second kappa shape index (κ2) is 7.87. The molecule has 0 bridgehead atoms. The highest BCUT2D eigenvalue weighted by Gasteiger charge is 2.45. The van der Waals surface area contributed by atoms with Crippen LogP contribution in [0.25, 0.3) is 10.9 Å². The van der Waals surface area contributed by atoms with Crippen molar-refractivity contribution >= 4 is 45.9 Å². The van der Waals surface area contributed by atoms with E-state index in [-0.39, 0.29) is 10.8 Å². The van der Waals surface area contributed by atoms with Crippen molar-refractivity contribution < 1.29 is 18.0 Å². The zero-order valence-electron chi connectivity index (χ0n) is 16.8. The Morgan fingerprint density at radius 3 is 2.62 bits per heavy atom. The Hall–Kier alpha value is -3.52. The molecule has 0 amide bonds. The van der Waals surface area contributed by atoms with Gasteiger partial charge in [0, 0.05) is 18.1 Å². The van der Waals surface area contributed by atoms with Gasteiger partial charge in [0.25, 0.3) is 0 Å². The number of thiocarbonyl (C=S) groups is 1. The number of H-pyrrole nitrogens is 1. The summed E-state index contributed by atoms with van der Waals surface area (Å²) >= 11 is 5.67. The third-order valence-electron chi connectivity index (χ3n) is 5.72. The number of halogens is 3. The van der Waals surface area contributed by atoms with E-state index in [1.807, 2.05) is 6.07 Å². The Bertz CT molecular complexity index is 1240. The first-order valence-electron chi connectivity index (χ1n) is 9.65. The number of aldehydes is 1. The predicted molar refractivity (Wildman–Crippen MR) is 116 cm³/mol. The number of hydrogen-bond acceptors (Lipinski definition) is 5. The molecule has 1 saturated carbocycles. The lowest BCUT2D eigenvalue weighted by atomic mass is 9.76. The minimum Gasteiger partial charge on any atom is -0.320 e. The van der Waals surface area contributed by atoms with Crippen molar-refractivity contribution in [1.29, 1.82) is 5.26 Å². The summed E-state index contributed by atoms with van der Waals surface area (Å²) in [6.07, 6.45) is 0.839. The van der Waals surface area contributed by atoms with Gasteiger partial charge in [-0.1, -0.05) is 0 Å². The van der Waals surface area contributed by atoms with Crippen LogP contribution >= 0.6 is 12.2 Å². The van der Waals surface area contributed by atoms with E-state index >= 15 is 0 Å². The molecule has 7 nitrogen and oxygen atoms in total. The summed E-state index contributed by atoms with van der Waals surface area (Å²) in [6, 6.07) is 7.70. The van der Waals surface area contributed by atoms with Crippen molar-refractivity contribution in [2.75, 3.05) is 16.8 Å². The number of carbonyl (C=O) groups excluding carboxylic acids is 1. The number of nitriles is 1. The fraction of sp³-hybridized carbons (Fsp3) is 0.286. The van der Waals surface area contributed by atoms with Crippen LogP contribution in [0.5, 0.6) is 0 Å². The van der Waals surface area contributed by atoms with Gasteiger partial charge in [0.05, 0.1) is 29.2 Å². The largest absolute Gasteiger partial charge is 0.419 e. The molecule has 1 N–H and O–H groups in total. The number of benzene rings is 1. The van der Waals surface area contributed by atoms with E-state index in [1.54, 1.807) is 23.2 Å². The molecule has 0 saturated heterocycles. The van der Waals surface area contributed by atoms with E-state index in [0.717, 1.165) is 35.9 Å². The summed E-state index contributed by atoms with van der Waals surface area (Å²) in [5.41, 5.74) is -1.28. The van der Waals surface area contributed by atoms with E-state index in [9.17, 15) is 18.0 Å². The van der Waals surface area contributed by atoms with Crippen molar-refractivity contribution in [3.05, 3.63) is 47.9 Å². The topological polar surface area (TPSA) is 88.9 Å². The maximum absolute atomic E-state index is 13.4. The molecule has 2 heterocycles. The van der Waals surface area contributed by atoms with Crippen LogP contribution in [-0.4, -0.2) is 39.2 Å². The second-order valence-electron chi connectivity index (χ2n) is 7.59. The molecular weight excluding hydrogens is 441 g/mol. The Labute approximate surface area is 186 Å². The molecule has 1 aliphatic rings. The van der Waals surface area contributed by atoms with Gasteiger partial charge >= 0.3 is 6.18 Å². The van der Waals surface area contributed by atoms with Gasteiger partial charge in [0.15, 0.2) is 10.8 Å². The minimum absolute atomic E-state index is 0.0519. The van der Waals surface area contributed by atoms with Gasteiger partial charge in [-0.3, -0.25) is 5.10 Å². The molecule has 0 atom stereocenters. The molecule has 3 aromatic rings. The Morgan fingerprint density at radius 1 is 1.28 bits per heavy atom. The number of anilines is 2. The van der Waals surface area contributed by atoms with E-state index in [1.165, 1.54) is 18.0 Å². The fourth-order valence-corrected chi connectivity index (χ4v) is 4.16. The smallest absolute Gasteiger partial charge is 0.320 e. The van der Waals surface area contributed by atoms with Crippen molar-refractivity contribution in [1.82, 2.24) is 15.2 Å². The normalized spacial score (nSPS) is 15.0. The lowest BCUT2D eigenvalue weighted by Crippen LogP contribution is -2.60. The number of alkyl halides is 3. The average molecular weight is 458 g/mol. The molecule has 0 radical (unpaired) electrons. The van der Waals surface area contributed by atoms with Crippen LogP contribution in [0.1, 0.15) is 30.5 Å². The number of rotatable bonds is 4. The number of aromatic amines is 1. The molecule has 1 aliphatic carbocycles. The van der Waals surface area contributed by atoms with Crippen molar-refractivity contribution in [2.45, 2.75) is 31.0 Å². The van der Waals surface area contributed by atoms with E-state index in [2.05, 4.69) is 15.2 Å². The molecule has 2 aromatic heterocycles. The van der Waals surface area contributed by atoms with Crippen molar-refractivity contribution in [3.63, 3.8) is 0 Å². The zero-order chi connectivity index (χ0) is 23.1. The molecule has 1 aromatic carbocycles. The summed E-state index contributed by atoms with van der Waals surface area (Å²) in [5, 5.41) is 16.8. The first-order chi connectivity index (χ1) is 15.2. The molecule has 1 fully saturated rings. The summed E-state index contributed by atoms with van der Waals surface area (Å²) in [7, 11) is 1.51. The standard InChI is InChI=1S/C21H17F3N6OS/c1-29(15-8-16(21(22,23)24)18(9-25)26-11-15)19(32)30(20(12-31)5-2-6-20)14-3-4-17-13(7-14)10-27-28-17/h3-4,7-8,10-12H,2,5-6H2,1H3,(H,27,28). The Kier molecular flexibility index (Phi) is 5.34. The number of carbonyl (C=O) groups is 1.